The first-order valence-electron chi connectivity index (χ1n) is 11.7. The monoisotopic (exact) mass is 465 g/mol. The predicted molar refractivity (Wildman–Crippen MR) is 122 cm³/mol. The Morgan fingerprint density at radius 1 is 1.09 bits per heavy atom. The van der Waals surface area contributed by atoms with Gasteiger partial charge in [-0.3, -0.25) is 9.69 Å². The van der Waals surface area contributed by atoms with E-state index >= 15 is 0 Å². The molecule has 9 heteroatoms. The lowest BCUT2D eigenvalue weighted by Crippen LogP contribution is -2.50. The Morgan fingerprint density at radius 3 is 2.53 bits per heavy atom. The number of nitrogens with zero attached hydrogens (tertiary/aromatic N) is 3. The molecule has 4 rings (SSSR count). The topological polar surface area (TPSA) is 79.4 Å². The predicted octanol–water partition coefficient (Wildman–Crippen LogP) is 2.20. The van der Waals surface area contributed by atoms with E-state index in [4.69, 9.17) is 9.47 Å². The molecular formula is C23H35N3O5S. The Balaban J connectivity index is 1.47. The van der Waals surface area contributed by atoms with Crippen molar-refractivity contribution in [1.29, 1.82) is 0 Å². The molecule has 8 nitrogen and oxygen atoms in total. The fraction of sp³-hybridized carbons (Fsp3) is 0.696. The Kier molecular flexibility index (Phi) is 7.39. The molecule has 3 saturated heterocycles. The highest BCUT2D eigenvalue weighted by Crippen LogP contribution is 2.32. The summed E-state index contributed by atoms with van der Waals surface area (Å²) in [5, 5.41) is 0. The standard InChI is InChI=1S/C23H35N3O5S/c1-18-6-3-4-10-26(18)32(28,29)22-16-19(8-9-21(22)30-2)23(27)25-13-11-24(12-14-25)17-20-7-5-15-31-20/h8-9,16,18,20H,3-7,10-15,17H2,1-2H3/t18-,20-/m0/s1. The number of rotatable bonds is 6. The van der Waals surface area contributed by atoms with Crippen LogP contribution in [0.2, 0.25) is 0 Å². The van der Waals surface area contributed by atoms with Gasteiger partial charge in [-0.2, -0.15) is 4.31 Å². The lowest BCUT2D eigenvalue weighted by molar-refractivity contribution is 0.0432. The van der Waals surface area contributed by atoms with Crippen LogP contribution in [0.3, 0.4) is 0 Å². The number of hydrogen-bond acceptors (Lipinski definition) is 6. The molecule has 0 aliphatic carbocycles. The molecule has 3 aliphatic heterocycles. The number of ether oxygens (including phenoxy) is 2. The number of piperazine rings is 1. The van der Waals surface area contributed by atoms with Crippen molar-refractivity contribution in [3.63, 3.8) is 0 Å². The minimum Gasteiger partial charge on any atom is -0.495 e. The SMILES string of the molecule is COc1ccc(C(=O)N2CCN(C[C@@H]3CCCO3)CC2)cc1S(=O)(=O)N1CCCC[C@@H]1C. The van der Waals surface area contributed by atoms with Gasteiger partial charge >= 0.3 is 0 Å². The molecule has 1 aromatic carbocycles. The van der Waals surface area contributed by atoms with E-state index < -0.39 is 10.0 Å². The van der Waals surface area contributed by atoms with E-state index in [2.05, 4.69) is 4.90 Å². The number of amides is 1. The summed E-state index contributed by atoms with van der Waals surface area (Å²) in [4.78, 5) is 17.4. The summed E-state index contributed by atoms with van der Waals surface area (Å²) in [6.45, 7) is 7.07. The van der Waals surface area contributed by atoms with Crippen LogP contribution in [-0.4, -0.2) is 93.6 Å². The fourth-order valence-corrected chi connectivity index (χ4v) is 6.84. The molecule has 2 atom stereocenters. The number of methoxy groups -OCH3 is 1. The summed E-state index contributed by atoms with van der Waals surface area (Å²) in [6.07, 6.45) is 5.27. The van der Waals surface area contributed by atoms with Crippen LogP contribution >= 0.6 is 0 Å². The van der Waals surface area contributed by atoms with E-state index in [1.807, 2.05) is 11.8 Å². The molecule has 3 aliphatic rings. The number of carbonyl (C=O) groups excluding carboxylic acids is 1. The van der Waals surface area contributed by atoms with Crippen LogP contribution in [0.5, 0.6) is 5.75 Å². The Bertz CT molecular complexity index is 908. The highest BCUT2D eigenvalue weighted by Gasteiger charge is 2.34. The number of hydrogen-bond donors (Lipinski definition) is 0. The number of carbonyl (C=O) groups is 1. The second kappa shape index (κ2) is 10.1. The summed E-state index contributed by atoms with van der Waals surface area (Å²) >= 11 is 0. The van der Waals surface area contributed by atoms with Gasteiger partial charge in [0, 0.05) is 57.5 Å². The summed E-state index contributed by atoms with van der Waals surface area (Å²) in [5.41, 5.74) is 0.390. The van der Waals surface area contributed by atoms with E-state index in [9.17, 15) is 13.2 Å². The smallest absolute Gasteiger partial charge is 0.253 e. The van der Waals surface area contributed by atoms with E-state index in [0.717, 1.165) is 58.3 Å². The van der Waals surface area contributed by atoms with Crippen LogP contribution in [0.1, 0.15) is 49.4 Å². The molecular weight excluding hydrogens is 430 g/mol. The van der Waals surface area contributed by atoms with E-state index in [0.29, 0.717) is 31.3 Å². The van der Waals surface area contributed by atoms with Crippen molar-refractivity contribution in [3.05, 3.63) is 23.8 Å². The minimum atomic E-state index is -3.75. The number of piperidine rings is 1. The molecule has 0 saturated carbocycles. The average molecular weight is 466 g/mol. The van der Waals surface area contributed by atoms with E-state index in [1.165, 1.54) is 13.2 Å². The summed E-state index contributed by atoms with van der Waals surface area (Å²) in [7, 11) is -2.29. The third kappa shape index (κ3) is 4.95. The van der Waals surface area contributed by atoms with Crippen LogP contribution in [-0.2, 0) is 14.8 Å². The van der Waals surface area contributed by atoms with Gasteiger partial charge in [0.1, 0.15) is 10.6 Å². The van der Waals surface area contributed by atoms with E-state index in [-0.39, 0.29) is 22.6 Å². The van der Waals surface area contributed by atoms with Gasteiger partial charge in [-0.1, -0.05) is 6.42 Å². The largest absolute Gasteiger partial charge is 0.495 e. The summed E-state index contributed by atoms with van der Waals surface area (Å²) in [5.74, 6) is 0.147. The van der Waals surface area contributed by atoms with Crippen LogP contribution < -0.4 is 4.74 Å². The van der Waals surface area contributed by atoms with Crippen LogP contribution in [0.15, 0.2) is 23.1 Å². The second-order valence-electron chi connectivity index (χ2n) is 9.05. The molecule has 32 heavy (non-hydrogen) atoms. The molecule has 0 radical (unpaired) electrons. The van der Waals surface area contributed by atoms with Crippen LogP contribution in [0, 0.1) is 0 Å². The molecule has 0 aromatic heterocycles. The third-order valence-electron chi connectivity index (χ3n) is 6.88. The molecule has 0 bridgehead atoms. The maximum Gasteiger partial charge on any atom is 0.253 e. The lowest BCUT2D eigenvalue weighted by Gasteiger charge is -2.36. The zero-order valence-corrected chi connectivity index (χ0v) is 20.0. The molecule has 1 aromatic rings. The Labute approximate surface area is 191 Å². The van der Waals surface area contributed by atoms with Crippen molar-refractivity contribution < 1.29 is 22.7 Å². The van der Waals surface area contributed by atoms with Crippen molar-refractivity contribution in [2.75, 3.05) is 53.0 Å². The highest BCUT2D eigenvalue weighted by atomic mass is 32.2. The van der Waals surface area contributed by atoms with Crippen LogP contribution in [0.25, 0.3) is 0 Å². The number of sulfonamides is 1. The molecule has 1 amide bonds. The van der Waals surface area contributed by atoms with Crippen molar-refractivity contribution in [3.8, 4) is 5.75 Å². The first-order chi connectivity index (χ1) is 15.4. The highest BCUT2D eigenvalue weighted by molar-refractivity contribution is 7.89. The first kappa shape index (κ1) is 23.5. The zero-order valence-electron chi connectivity index (χ0n) is 19.2. The normalized spacial score (nSPS) is 25.8. The van der Waals surface area contributed by atoms with Gasteiger partial charge in [-0.05, 0) is 50.8 Å². The molecule has 0 spiro atoms. The van der Waals surface area contributed by atoms with E-state index in [1.54, 1.807) is 16.4 Å². The average Bonchev–Trinajstić information content (AvgIpc) is 3.32. The van der Waals surface area contributed by atoms with Gasteiger partial charge < -0.3 is 14.4 Å². The van der Waals surface area contributed by atoms with Gasteiger partial charge in [-0.15, -0.1) is 0 Å². The lowest BCUT2D eigenvalue weighted by atomic mass is 10.1. The minimum absolute atomic E-state index is 0.0604. The summed E-state index contributed by atoms with van der Waals surface area (Å²) < 4.78 is 39.5. The van der Waals surface area contributed by atoms with Crippen LogP contribution in [0.4, 0.5) is 0 Å². The zero-order chi connectivity index (χ0) is 22.7. The van der Waals surface area contributed by atoms with Crippen molar-refractivity contribution >= 4 is 15.9 Å². The molecule has 178 valence electrons. The van der Waals surface area contributed by atoms with Crippen molar-refractivity contribution in [2.24, 2.45) is 0 Å². The quantitative estimate of drug-likeness (QED) is 0.641. The van der Waals surface area contributed by atoms with Gasteiger partial charge in [-0.25, -0.2) is 8.42 Å². The van der Waals surface area contributed by atoms with Gasteiger partial charge in [0.05, 0.1) is 13.2 Å². The second-order valence-corrected chi connectivity index (χ2v) is 10.9. The van der Waals surface area contributed by atoms with Gasteiger partial charge in [0.15, 0.2) is 0 Å². The Morgan fingerprint density at radius 2 is 1.88 bits per heavy atom. The third-order valence-corrected chi connectivity index (χ3v) is 8.92. The van der Waals surface area contributed by atoms with Gasteiger partial charge in [0.2, 0.25) is 10.0 Å². The van der Waals surface area contributed by atoms with Gasteiger partial charge in [0.25, 0.3) is 5.91 Å². The fourth-order valence-electron chi connectivity index (χ4n) is 4.96. The summed E-state index contributed by atoms with van der Waals surface area (Å²) in [6, 6.07) is 4.70. The number of benzene rings is 1. The molecule has 3 fully saturated rings. The molecule has 3 heterocycles. The van der Waals surface area contributed by atoms with Crippen molar-refractivity contribution in [1.82, 2.24) is 14.1 Å². The molecule has 0 unspecified atom stereocenters. The maximum absolute atomic E-state index is 13.4. The Hall–Kier alpha value is -1.68. The maximum atomic E-state index is 13.4. The van der Waals surface area contributed by atoms with Crippen molar-refractivity contribution in [2.45, 2.75) is 56.1 Å². The first-order valence-corrected chi connectivity index (χ1v) is 13.2. The molecule has 0 N–H and O–H groups in total.